The van der Waals surface area contributed by atoms with Crippen LogP contribution in [0.15, 0.2) is 0 Å². The number of nitrogens with zero attached hydrogens (tertiary/aromatic N) is 2. The summed E-state index contributed by atoms with van der Waals surface area (Å²) in [7, 11) is 0. The lowest BCUT2D eigenvalue weighted by Gasteiger charge is -2.46. The Morgan fingerprint density at radius 1 is 0.926 bits per heavy atom. The fourth-order valence-corrected chi connectivity index (χ4v) is 4.43. The lowest BCUT2D eigenvalue weighted by Crippen LogP contribution is -2.52. The molecule has 0 aromatic carbocycles. The Balaban J connectivity index is 1.22. The van der Waals surface area contributed by atoms with Gasteiger partial charge < -0.3 is 24.0 Å². The lowest BCUT2D eigenvalue weighted by molar-refractivity contribution is -0.168. The monoisotopic (exact) mass is 380 g/mol. The topological polar surface area (TPSA) is 68.3 Å². The molecule has 3 aliphatic heterocycles. The fourth-order valence-electron chi connectivity index (χ4n) is 4.43. The summed E-state index contributed by atoms with van der Waals surface area (Å²) < 4.78 is 17.4. The van der Waals surface area contributed by atoms with E-state index < -0.39 is 0 Å². The molecule has 2 amide bonds. The van der Waals surface area contributed by atoms with E-state index in [-0.39, 0.29) is 24.2 Å². The molecule has 0 aromatic rings. The van der Waals surface area contributed by atoms with E-state index in [2.05, 4.69) is 0 Å². The number of morpholine rings is 1. The minimum absolute atomic E-state index is 0.0549. The van der Waals surface area contributed by atoms with Gasteiger partial charge in [0.15, 0.2) is 0 Å². The van der Waals surface area contributed by atoms with E-state index in [4.69, 9.17) is 14.2 Å². The van der Waals surface area contributed by atoms with Gasteiger partial charge in [0.05, 0.1) is 24.9 Å². The molecule has 4 fully saturated rings. The van der Waals surface area contributed by atoms with E-state index >= 15 is 0 Å². The van der Waals surface area contributed by atoms with Crippen LogP contribution in [-0.4, -0.2) is 85.9 Å². The number of hydrogen-bond donors (Lipinski definition) is 0. The second-order valence-corrected chi connectivity index (χ2v) is 8.48. The van der Waals surface area contributed by atoms with Crippen molar-refractivity contribution in [2.75, 3.05) is 52.6 Å². The maximum atomic E-state index is 12.3. The smallest absolute Gasteiger partial charge is 0.248 e. The molecule has 7 heteroatoms. The van der Waals surface area contributed by atoms with Crippen molar-refractivity contribution < 1.29 is 23.8 Å². The normalized spacial score (nSPS) is 28.4. The standard InChI is InChI=1S/C20H32N2O5/c23-18(13-16-1-2-16)21-6-4-20(5-7-21)14-17(3-10-27-20)26-15-19(24)22-8-11-25-12-9-22/h16-17H,1-15H2. The number of rotatable bonds is 5. The zero-order valence-electron chi connectivity index (χ0n) is 16.2. The molecule has 0 radical (unpaired) electrons. The highest BCUT2D eigenvalue weighted by Crippen LogP contribution is 2.37. The number of piperidine rings is 1. The van der Waals surface area contributed by atoms with Crippen LogP contribution in [0.1, 0.15) is 44.9 Å². The van der Waals surface area contributed by atoms with Gasteiger partial charge in [0.1, 0.15) is 6.61 Å². The summed E-state index contributed by atoms with van der Waals surface area (Å²) in [6, 6.07) is 0. The minimum Gasteiger partial charge on any atom is -0.378 e. The zero-order valence-corrected chi connectivity index (χ0v) is 16.2. The van der Waals surface area contributed by atoms with Gasteiger partial charge in [-0.15, -0.1) is 0 Å². The highest BCUT2D eigenvalue weighted by atomic mass is 16.5. The second-order valence-electron chi connectivity index (χ2n) is 8.48. The van der Waals surface area contributed by atoms with Crippen molar-refractivity contribution >= 4 is 11.8 Å². The molecule has 3 heterocycles. The second kappa shape index (κ2) is 8.45. The van der Waals surface area contributed by atoms with Crippen LogP contribution in [0.2, 0.25) is 0 Å². The van der Waals surface area contributed by atoms with E-state index in [9.17, 15) is 9.59 Å². The number of carbonyl (C=O) groups is 2. The van der Waals surface area contributed by atoms with Crippen LogP contribution >= 0.6 is 0 Å². The van der Waals surface area contributed by atoms with Crippen molar-refractivity contribution in [3.63, 3.8) is 0 Å². The largest absolute Gasteiger partial charge is 0.378 e. The molecule has 7 nitrogen and oxygen atoms in total. The minimum atomic E-state index is -0.179. The molecule has 1 atom stereocenters. The van der Waals surface area contributed by atoms with Gasteiger partial charge in [-0.05, 0) is 38.0 Å². The summed E-state index contributed by atoms with van der Waals surface area (Å²) >= 11 is 0. The van der Waals surface area contributed by atoms with Gasteiger partial charge in [-0.1, -0.05) is 0 Å². The summed E-state index contributed by atoms with van der Waals surface area (Å²) in [5.74, 6) is 1.01. The SMILES string of the molecule is O=C(COC1CCOC2(CCN(C(=O)CC3CC3)CC2)C1)N1CCOCC1. The summed E-state index contributed by atoms with van der Waals surface area (Å²) in [5.41, 5.74) is -0.179. The fraction of sp³-hybridized carbons (Fsp3) is 0.900. The van der Waals surface area contributed by atoms with E-state index in [1.165, 1.54) is 12.8 Å². The maximum absolute atomic E-state index is 12.3. The van der Waals surface area contributed by atoms with E-state index in [0.29, 0.717) is 44.7 Å². The Morgan fingerprint density at radius 2 is 1.63 bits per heavy atom. The molecule has 1 unspecified atom stereocenters. The summed E-state index contributed by atoms with van der Waals surface area (Å²) in [5, 5.41) is 0. The van der Waals surface area contributed by atoms with E-state index in [1.807, 2.05) is 9.80 Å². The number of amides is 2. The molecule has 27 heavy (non-hydrogen) atoms. The molecule has 0 aromatic heterocycles. The first-order chi connectivity index (χ1) is 13.1. The third kappa shape index (κ3) is 5.00. The van der Waals surface area contributed by atoms with Crippen molar-refractivity contribution in [2.45, 2.75) is 56.7 Å². The van der Waals surface area contributed by atoms with Gasteiger partial charge >= 0.3 is 0 Å². The first-order valence-corrected chi connectivity index (χ1v) is 10.5. The molecule has 1 saturated carbocycles. The number of carbonyl (C=O) groups excluding carboxylic acids is 2. The predicted octanol–water partition coefficient (Wildman–Crippen LogP) is 1.20. The molecule has 0 N–H and O–H groups in total. The first-order valence-electron chi connectivity index (χ1n) is 10.5. The lowest BCUT2D eigenvalue weighted by atomic mass is 9.83. The number of ether oxygens (including phenoxy) is 3. The van der Waals surface area contributed by atoms with Crippen molar-refractivity contribution in [3.05, 3.63) is 0 Å². The third-order valence-electron chi connectivity index (χ3n) is 6.44. The van der Waals surface area contributed by atoms with Crippen LogP contribution in [0.3, 0.4) is 0 Å². The van der Waals surface area contributed by atoms with Crippen LogP contribution in [0.5, 0.6) is 0 Å². The van der Waals surface area contributed by atoms with Gasteiger partial charge in [-0.3, -0.25) is 9.59 Å². The van der Waals surface area contributed by atoms with Gasteiger partial charge in [0.2, 0.25) is 11.8 Å². The summed E-state index contributed by atoms with van der Waals surface area (Å²) in [6.45, 7) is 4.93. The quantitative estimate of drug-likeness (QED) is 0.717. The van der Waals surface area contributed by atoms with Gasteiger partial charge in [0.25, 0.3) is 0 Å². The Morgan fingerprint density at radius 3 is 2.33 bits per heavy atom. The van der Waals surface area contributed by atoms with Crippen LogP contribution in [0.4, 0.5) is 0 Å². The Kier molecular flexibility index (Phi) is 5.99. The van der Waals surface area contributed by atoms with Gasteiger partial charge in [-0.2, -0.15) is 0 Å². The van der Waals surface area contributed by atoms with Crippen LogP contribution in [0, 0.1) is 5.92 Å². The first kappa shape index (κ1) is 19.2. The average molecular weight is 380 g/mol. The van der Waals surface area contributed by atoms with Crippen LogP contribution in [-0.2, 0) is 23.8 Å². The van der Waals surface area contributed by atoms with E-state index in [0.717, 1.165) is 45.2 Å². The van der Waals surface area contributed by atoms with Crippen molar-refractivity contribution in [1.82, 2.24) is 9.80 Å². The predicted molar refractivity (Wildman–Crippen MR) is 98.2 cm³/mol. The molecule has 152 valence electrons. The molecule has 0 bridgehead atoms. The maximum Gasteiger partial charge on any atom is 0.248 e. The molecule has 1 aliphatic carbocycles. The van der Waals surface area contributed by atoms with Crippen molar-refractivity contribution in [1.29, 1.82) is 0 Å². The highest BCUT2D eigenvalue weighted by molar-refractivity contribution is 5.77. The zero-order chi connectivity index (χ0) is 18.7. The number of likely N-dealkylation sites (tertiary alicyclic amines) is 1. The van der Waals surface area contributed by atoms with Gasteiger partial charge in [0, 0.05) is 45.6 Å². The van der Waals surface area contributed by atoms with Crippen molar-refractivity contribution in [3.8, 4) is 0 Å². The summed E-state index contributed by atoms with van der Waals surface area (Å²) in [4.78, 5) is 28.4. The third-order valence-corrected chi connectivity index (χ3v) is 6.44. The average Bonchev–Trinajstić information content (AvgIpc) is 3.51. The molecule has 4 rings (SSSR count). The molecule has 4 aliphatic rings. The Hall–Kier alpha value is -1.18. The Bertz CT molecular complexity index is 536. The van der Waals surface area contributed by atoms with Crippen molar-refractivity contribution in [2.24, 2.45) is 5.92 Å². The van der Waals surface area contributed by atoms with Crippen LogP contribution in [0.25, 0.3) is 0 Å². The molecule has 1 spiro atoms. The molecule has 3 saturated heterocycles. The van der Waals surface area contributed by atoms with E-state index in [1.54, 1.807) is 0 Å². The Labute approximate surface area is 161 Å². The number of hydrogen-bond acceptors (Lipinski definition) is 5. The molecular formula is C20H32N2O5. The summed E-state index contributed by atoms with van der Waals surface area (Å²) in [6.07, 6.45) is 6.64. The van der Waals surface area contributed by atoms with Crippen LogP contribution < -0.4 is 0 Å². The van der Waals surface area contributed by atoms with Gasteiger partial charge in [-0.25, -0.2) is 0 Å². The highest BCUT2D eigenvalue weighted by Gasteiger charge is 2.42. The molecular weight excluding hydrogens is 348 g/mol.